The summed E-state index contributed by atoms with van der Waals surface area (Å²) in [5, 5.41) is 23.5. The zero-order valence-corrected chi connectivity index (χ0v) is 20.6. The summed E-state index contributed by atoms with van der Waals surface area (Å²) in [6, 6.07) is 20.5. The van der Waals surface area contributed by atoms with Gasteiger partial charge in [-0.25, -0.2) is 0 Å². The molecule has 2 aliphatic rings. The molecule has 5 rings (SSSR count). The predicted octanol–water partition coefficient (Wildman–Crippen LogP) is 7.60. The third-order valence-electron chi connectivity index (χ3n) is 6.44. The van der Waals surface area contributed by atoms with Crippen molar-refractivity contribution in [2.45, 2.75) is 32.6 Å². The third kappa shape index (κ3) is 3.89. The number of aliphatic hydroxyl groups is 1. The average Bonchev–Trinajstić information content (AvgIpc) is 3.33. The number of Topliss-reactive ketones (excluding diaryl/α,β-unsaturated/α-hetero) is 1. The summed E-state index contributed by atoms with van der Waals surface area (Å²) in [4.78, 5) is 16.5. The Labute approximate surface area is 208 Å². The molecule has 1 aliphatic heterocycles. The molecule has 1 aromatic heterocycles. The highest BCUT2D eigenvalue weighted by Gasteiger charge is 2.47. The smallest absolute Gasteiger partial charge is 0.162 e. The highest BCUT2D eigenvalue weighted by molar-refractivity contribution is 7.10. The summed E-state index contributed by atoms with van der Waals surface area (Å²) >= 11 is 7.70. The second-order valence-electron chi connectivity index (χ2n) is 9.54. The Kier molecular flexibility index (Phi) is 5.70. The molecule has 2 aromatic carbocycles. The van der Waals surface area contributed by atoms with Crippen LogP contribution >= 0.6 is 22.9 Å². The molecule has 0 radical (unpaired) electrons. The highest BCUT2D eigenvalue weighted by atomic mass is 35.5. The van der Waals surface area contributed by atoms with E-state index < -0.39 is 5.92 Å². The molecule has 34 heavy (non-hydrogen) atoms. The Balaban J connectivity index is 1.83. The maximum atomic E-state index is 13.7. The maximum Gasteiger partial charge on any atom is 0.162 e. The zero-order chi connectivity index (χ0) is 24.0. The molecular weight excluding hydrogens is 464 g/mol. The van der Waals surface area contributed by atoms with Crippen LogP contribution in [0.25, 0.3) is 5.76 Å². The number of anilines is 1. The van der Waals surface area contributed by atoms with Crippen LogP contribution in [0.5, 0.6) is 0 Å². The molecule has 6 heteroatoms. The molecule has 0 bridgehead atoms. The largest absolute Gasteiger partial charge is 0.507 e. The normalized spacial score (nSPS) is 21.5. The quantitative estimate of drug-likeness (QED) is 0.373. The number of amidine groups is 1. The first-order chi connectivity index (χ1) is 16.3. The number of allylic oxidation sites excluding steroid dienone is 2. The molecule has 1 aliphatic carbocycles. The van der Waals surface area contributed by atoms with E-state index in [-0.39, 0.29) is 22.8 Å². The first-order valence-electron chi connectivity index (χ1n) is 11.2. The number of carbonyl (C=O) groups excluding carboxylic acids is 1. The Morgan fingerprint density at radius 3 is 2.41 bits per heavy atom. The summed E-state index contributed by atoms with van der Waals surface area (Å²) in [5.41, 5.74) is 3.07. The Hall–Kier alpha value is -3.15. The number of carbonyl (C=O) groups is 1. The van der Waals surface area contributed by atoms with Crippen LogP contribution in [0.4, 0.5) is 5.69 Å². The van der Waals surface area contributed by atoms with Gasteiger partial charge in [0, 0.05) is 38.8 Å². The van der Waals surface area contributed by atoms with E-state index in [0.717, 1.165) is 16.3 Å². The lowest BCUT2D eigenvalue weighted by molar-refractivity contribution is -0.118. The minimum Gasteiger partial charge on any atom is -0.507 e. The molecule has 3 aromatic rings. The predicted molar refractivity (Wildman–Crippen MR) is 140 cm³/mol. The van der Waals surface area contributed by atoms with E-state index in [9.17, 15) is 15.3 Å². The van der Waals surface area contributed by atoms with E-state index in [1.165, 1.54) is 0 Å². The second kappa shape index (κ2) is 8.57. The first-order valence-corrected chi connectivity index (χ1v) is 12.5. The van der Waals surface area contributed by atoms with Crippen molar-refractivity contribution in [3.8, 4) is 0 Å². The topological polar surface area (TPSA) is 64.4 Å². The van der Waals surface area contributed by atoms with Crippen LogP contribution in [-0.2, 0) is 4.79 Å². The fraction of sp³-hybridized carbons (Fsp3) is 0.214. The fourth-order valence-electron chi connectivity index (χ4n) is 4.98. The minimum atomic E-state index is -0.491. The van der Waals surface area contributed by atoms with Gasteiger partial charge in [0.2, 0.25) is 0 Å². The number of hydrogen-bond acceptors (Lipinski definition) is 4. The second-order valence-corrected chi connectivity index (χ2v) is 11.0. The zero-order valence-electron chi connectivity index (χ0n) is 19.0. The van der Waals surface area contributed by atoms with Crippen LogP contribution in [0.1, 0.15) is 43.0 Å². The molecule has 172 valence electrons. The van der Waals surface area contributed by atoms with Gasteiger partial charge < -0.3 is 5.11 Å². The summed E-state index contributed by atoms with van der Waals surface area (Å²) in [6.07, 6.45) is 1.08. The van der Waals surface area contributed by atoms with E-state index in [1.54, 1.807) is 23.5 Å². The SMILES string of the molecule is CC1(C)CC(=O)C2=C(C1)N(c1ccc(Cl)cc1)C(=N)/C(=C(/O)c1ccccc1)C2c1cccs1. The molecule has 0 spiro atoms. The Bertz CT molecular complexity index is 1320. The van der Waals surface area contributed by atoms with Crippen LogP contribution in [0.2, 0.25) is 5.02 Å². The molecule has 2 N–H and O–H groups in total. The van der Waals surface area contributed by atoms with Crippen molar-refractivity contribution in [2.24, 2.45) is 5.41 Å². The van der Waals surface area contributed by atoms with Crippen molar-refractivity contribution in [3.63, 3.8) is 0 Å². The third-order valence-corrected chi connectivity index (χ3v) is 7.63. The van der Waals surface area contributed by atoms with Crippen molar-refractivity contribution in [1.82, 2.24) is 0 Å². The van der Waals surface area contributed by atoms with Gasteiger partial charge in [-0.05, 0) is 47.5 Å². The summed E-state index contributed by atoms with van der Waals surface area (Å²) in [7, 11) is 0. The number of thiophene rings is 1. The molecule has 0 saturated heterocycles. The number of benzene rings is 2. The van der Waals surface area contributed by atoms with Crippen molar-refractivity contribution in [3.05, 3.63) is 104 Å². The molecular formula is C28H25ClN2O2S. The van der Waals surface area contributed by atoms with E-state index >= 15 is 0 Å². The Morgan fingerprint density at radius 2 is 1.76 bits per heavy atom. The molecule has 1 unspecified atom stereocenters. The summed E-state index contributed by atoms with van der Waals surface area (Å²) < 4.78 is 0. The minimum absolute atomic E-state index is 0.0205. The Morgan fingerprint density at radius 1 is 1.06 bits per heavy atom. The van der Waals surface area contributed by atoms with Crippen molar-refractivity contribution in [1.29, 1.82) is 5.41 Å². The van der Waals surface area contributed by atoms with Gasteiger partial charge in [-0.1, -0.05) is 61.8 Å². The lowest BCUT2D eigenvalue weighted by Crippen LogP contribution is -2.45. The van der Waals surface area contributed by atoms with Crippen molar-refractivity contribution in [2.75, 3.05) is 4.90 Å². The number of halogens is 1. The lowest BCUT2D eigenvalue weighted by Gasteiger charge is -2.45. The molecule has 0 fully saturated rings. The van der Waals surface area contributed by atoms with Gasteiger partial charge >= 0.3 is 0 Å². The van der Waals surface area contributed by atoms with Gasteiger partial charge in [-0.15, -0.1) is 11.3 Å². The fourth-order valence-corrected chi connectivity index (χ4v) is 5.95. The highest BCUT2D eigenvalue weighted by Crippen LogP contribution is 2.52. The summed E-state index contributed by atoms with van der Waals surface area (Å²) in [6.45, 7) is 4.18. The molecule has 0 amide bonds. The van der Waals surface area contributed by atoms with Crippen molar-refractivity contribution >= 4 is 46.0 Å². The number of hydrogen-bond donors (Lipinski definition) is 2. The standard InChI is InChI=1S/C28H25ClN2O2S/c1-28(2)15-20-23(21(32)16-28)24(22-9-6-14-34-22)25(26(33)17-7-4-3-5-8-17)27(30)31(20)19-12-10-18(29)11-13-19/h3-14,24,30,33H,15-16H2,1-2H3/b26-25+,30-27?. The van der Waals surface area contributed by atoms with Crippen LogP contribution in [-0.4, -0.2) is 16.7 Å². The van der Waals surface area contributed by atoms with E-state index in [4.69, 9.17) is 11.6 Å². The van der Waals surface area contributed by atoms with Crippen LogP contribution in [0.15, 0.2) is 89.0 Å². The van der Waals surface area contributed by atoms with Crippen molar-refractivity contribution < 1.29 is 9.90 Å². The number of ketones is 1. The van der Waals surface area contributed by atoms with E-state index in [1.807, 2.05) is 64.9 Å². The average molecular weight is 489 g/mol. The number of nitrogens with zero attached hydrogens (tertiary/aromatic N) is 1. The summed E-state index contributed by atoms with van der Waals surface area (Å²) in [5.74, 6) is -0.234. The van der Waals surface area contributed by atoms with Gasteiger partial charge in [-0.2, -0.15) is 0 Å². The molecule has 1 atom stereocenters. The van der Waals surface area contributed by atoms with Crippen LogP contribution in [0, 0.1) is 10.8 Å². The van der Waals surface area contributed by atoms with Gasteiger partial charge in [-0.3, -0.25) is 15.1 Å². The van der Waals surface area contributed by atoms with Gasteiger partial charge in [0.1, 0.15) is 11.6 Å². The lowest BCUT2D eigenvalue weighted by atomic mass is 9.68. The number of rotatable bonds is 3. The van der Waals surface area contributed by atoms with Crippen LogP contribution < -0.4 is 4.90 Å². The van der Waals surface area contributed by atoms with E-state index in [2.05, 4.69) is 13.8 Å². The molecule has 2 heterocycles. The van der Waals surface area contributed by atoms with E-state index in [0.29, 0.717) is 34.6 Å². The number of nitrogens with one attached hydrogen (secondary N) is 1. The van der Waals surface area contributed by atoms with Gasteiger partial charge in [0.05, 0.1) is 11.5 Å². The molecule has 0 saturated carbocycles. The van der Waals surface area contributed by atoms with Gasteiger partial charge in [0.25, 0.3) is 0 Å². The monoisotopic (exact) mass is 488 g/mol. The molecule has 4 nitrogen and oxygen atoms in total. The maximum absolute atomic E-state index is 13.7. The van der Waals surface area contributed by atoms with Crippen LogP contribution in [0.3, 0.4) is 0 Å². The van der Waals surface area contributed by atoms with Gasteiger partial charge in [0.15, 0.2) is 5.78 Å². The first kappa shape index (κ1) is 22.6. The number of aliphatic hydroxyl groups excluding tert-OH is 1.